The predicted molar refractivity (Wildman–Crippen MR) is 295 cm³/mol. The van der Waals surface area contributed by atoms with Gasteiger partial charge < -0.3 is 36.0 Å². The van der Waals surface area contributed by atoms with E-state index in [4.69, 9.17) is 89.7 Å². The summed E-state index contributed by atoms with van der Waals surface area (Å²) >= 11 is 35.2. The fourth-order valence-electron chi connectivity index (χ4n) is 7.55. The Kier molecular flexibility index (Phi) is 26.1. The second-order valence-electron chi connectivity index (χ2n) is 17.5. The third-order valence-electron chi connectivity index (χ3n) is 11.1. The topological polar surface area (TPSA) is 208 Å². The van der Waals surface area contributed by atoms with Gasteiger partial charge in [-0.1, -0.05) is 130 Å². The number of rotatable bonds is 22. The van der Waals surface area contributed by atoms with Crippen LogP contribution in [0.2, 0.25) is 30.1 Å². The summed E-state index contributed by atoms with van der Waals surface area (Å²) in [6.45, 7) is 0. The molecule has 22 heteroatoms. The lowest BCUT2D eigenvalue weighted by Crippen LogP contribution is -2.39. The number of ether oxygens (including phenoxy) is 1. The Morgan fingerprint density at radius 1 is 0.449 bits per heavy atom. The summed E-state index contributed by atoms with van der Waals surface area (Å²) in [6, 6.07) is 33.7. The zero-order valence-electron chi connectivity index (χ0n) is 41.4. The third-order valence-corrected chi connectivity index (χ3v) is 13.1. The molecule has 6 rings (SSSR count). The summed E-state index contributed by atoms with van der Waals surface area (Å²) in [7, 11) is 1.56. The number of carboxylic acid groups (broad SMARTS) is 3. The van der Waals surface area contributed by atoms with Gasteiger partial charge >= 0.3 is 24.1 Å². The van der Waals surface area contributed by atoms with E-state index in [1.807, 2.05) is 36.4 Å². The fourth-order valence-corrected chi connectivity index (χ4v) is 8.45. The van der Waals surface area contributed by atoms with Crippen LogP contribution in [0.5, 0.6) is 5.75 Å². The number of halogens is 9. The number of hydrogen-bond donors (Lipinski definition) is 6. The van der Waals surface area contributed by atoms with Gasteiger partial charge in [-0.2, -0.15) is 13.2 Å². The molecule has 0 unspecified atom stereocenters. The molecule has 0 aliphatic rings. The van der Waals surface area contributed by atoms with E-state index in [1.54, 1.807) is 73.8 Å². The molecule has 0 aliphatic carbocycles. The van der Waals surface area contributed by atoms with Gasteiger partial charge in [-0.25, -0.2) is 0 Å². The highest BCUT2D eigenvalue weighted by molar-refractivity contribution is 6.42. The lowest BCUT2D eigenvalue weighted by Gasteiger charge is -2.18. The molecule has 0 spiro atoms. The fraction of sp³-hybridized carbons (Fsp3) is 0.250. The third kappa shape index (κ3) is 24.4. The van der Waals surface area contributed by atoms with Crippen LogP contribution in [-0.2, 0) is 73.5 Å². The van der Waals surface area contributed by atoms with E-state index >= 15 is 0 Å². The summed E-state index contributed by atoms with van der Waals surface area (Å²) < 4.78 is 43.0. The number of alkyl halides is 3. The monoisotopic (exact) mass is 1190 g/mol. The first-order chi connectivity index (χ1) is 36.8. The first-order valence-electron chi connectivity index (χ1n) is 23.5. The maximum absolute atomic E-state index is 12.6. The maximum atomic E-state index is 12.6. The maximum Gasteiger partial charge on any atom is 0.416 e. The SMILES string of the molecule is COc1cccc(CC(=O)N[C@H](CC(=O)O)Cc2ccc(Cl)cc2)c1.O=C(O)C[C@H](Cc1ccc(C(F)(F)F)cc1)NC(=O)Cc1ccc(Cl)c(Cl)c1.O=C(O)C[C@H](Cc1ccc(Cl)cc1)NC(=O)Cc1ccc(Cl)c(Cl)c1. The van der Waals surface area contributed by atoms with Crippen LogP contribution < -0.4 is 20.7 Å². The van der Waals surface area contributed by atoms with Crippen LogP contribution in [0.25, 0.3) is 0 Å². The predicted octanol–water partition coefficient (Wildman–Crippen LogP) is 12.2. The number of hydrogen-bond acceptors (Lipinski definition) is 7. The van der Waals surface area contributed by atoms with Crippen molar-refractivity contribution in [3.8, 4) is 5.75 Å². The van der Waals surface area contributed by atoms with Crippen LogP contribution in [-0.4, -0.2) is 76.2 Å². The molecule has 0 saturated carbocycles. The summed E-state index contributed by atoms with van der Waals surface area (Å²) in [5.41, 5.74) is 3.59. The zero-order chi connectivity index (χ0) is 57.5. The van der Waals surface area contributed by atoms with E-state index in [9.17, 15) is 41.9 Å². The molecule has 0 radical (unpaired) electrons. The van der Waals surface area contributed by atoms with Gasteiger partial charge in [0.1, 0.15) is 5.75 Å². The Morgan fingerprint density at radius 2 is 0.769 bits per heavy atom. The quantitative estimate of drug-likeness (QED) is 0.0379. The Hall–Kier alpha value is -6.53. The number of nitrogens with one attached hydrogen (secondary N) is 3. The van der Waals surface area contributed by atoms with Gasteiger partial charge in [-0.3, -0.25) is 28.8 Å². The van der Waals surface area contributed by atoms with Crippen molar-refractivity contribution in [2.75, 3.05) is 7.11 Å². The van der Waals surface area contributed by atoms with E-state index in [0.29, 0.717) is 65.4 Å². The normalized spacial score (nSPS) is 12.0. The average Bonchev–Trinajstić information content (AvgIpc) is 3.35. The van der Waals surface area contributed by atoms with Gasteiger partial charge in [-0.05, 0) is 125 Å². The molecule has 6 N–H and O–H groups in total. The smallest absolute Gasteiger partial charge is 0.416 e. The number of benzene rings is 6. The van der Waals surface area contributed by atoms with Crippen molar-refractivity contribution in [2.24, 2.45) is 0 Å². The van der Waals surface area contributed by atoms with E-state index in [1.165, 1.54) is 18.2 Å². The number of carboxylic acids is 3. The second-order valence-corrected chi connectivity index (χ2v) is 20.0. The average molecular weight is 1200 g/mol. The number of amides is 3. The Morgan fingerprint density at radius 3 is 1.08 bits per heavy atom. The highest BCUT2D eigenvalue weighted by Gasteiger charge is 2.30. The van der Waals surface area contributed by atoms with Crippen LogP contribution >= 0.6 is 69.6 Å². The van der Waals surface area contributed by atoms with Crippen molar-refractivity contribution < 1.29 is 62.0 Å². The molecule has 6 aromatic rings. The molecule has 0 aromatic heterocycles. The zero-order valence-corrected chi connectivity index (χ0v) is 45.9. The van der Waals surface area contributed by atoms with Crippen molar-refractivity contribution in [1.82, 2.24) is 16.0 Å². The minimum Gasteiger partial charge on any atom is -0.497 e. The molecule has 0 heterocycles. The van der Waals surface area contributed by atoms with Crippen molar-refractivity contribution >= 4 is 105 Å². The van der Waals surface area contributed by atoms with Crippen LogP contribution in [0, 0.1) is 0 Å². The van der Waals surface area contributed by atoms with Gasteiger partial charge in [0.15, 0.2) is 0 Å². The molecule has 3 atom stereocenters. The highest BCUT2D eigenvalue weighted by Crippen LogP contribution is 2.30. The molecule has 0 saturated heterocycles. The molecule has 3 amide bonds. The second kappa shape index (κ2) is 31.8. The van der Waals surface area contributed by atoms with Crippen molar-refractivity contribution in [3.05, 3.63) is 203 Å². The lowest BCUT2D eigenvalue weighted by molar-refractivity contribution is -0.139. The number of carbonyl (C=O) groups is 6. The van der Waals surface area contributed by atoms with Gasteiger partial charge in [0.2, 0.25) is 17.7 Å². The van der Waals surface area contributed by atoms with Crippen LogP contribution in [0.15, 0.2) is 133 Å². The number of methoxy groups -OCH3 is 1. The molecule has 6 aromatic carbocycles. The van der Waals surface area contributed by atoms with Crippen molar-refractivity contribution in [2.45, 2.75) is 82.1 Å². The molecule has 0 aliphatic heterocycles. The standard InChI is InChI=1S/C19H16Cl2F3NO3.C19H20ClNO4.C18H16Cl3NO3/c20-15-6-3-12(8-16(15)21)9-17(26)25-14(10-18(27)28)7-11-1-4-13(5-2-11)19(22,23)24;1-25-17-4-2-3-14(10-17)11-18(22)21-16(12-19(23)24)9-13-5-7-15(20)8-6-13;19-13-4-1-11(2-5-13)7-14(10-18(24)25)22-17(23)9-12-3-6-15(20)16(21)8-12/h1-6,8,14H,7,9-10H2,(H,25,26)(H,27,28);2-8,10,16H,9,11-12H2,1H3,(H,21,22)(H,23,24);1-6,8,14H,7,9-10H2,(H,22,23)(H,24,25)/t14-;16-;14-/m000/s1. The van der Waals surface area contributed by atoms with Gasteiger partial charge in [0.25, 0.3) is 0 Å². The lowest BCUT2D eigenvalue weighted by atomic mass is 10.0. The first kappa shape index (κ1) is 64.0. The largest absolute Gasteiger partial charge is 0.497 e. The van der Waals surface area contributed by atoms with Crippen LogP contribution in [0.1, 0.15) is 58.2 Å². The van der Waals surface area contributed by atoms with Gasteiger partial charge in [0, 0.05) is 28.2 Å². The summed E-state index contributed by atoms with van der Waals surface area (Å²) in [5.74, 6) is -3.33. The minimum atomic E-state index is -4.45. The molecular formula is C56H52Cl6F3N3O10. The van der Waals surface area contributed by atoms with Gasteiger partial charge in [0.05, 0.1) is 71.3 Å². The number of aliphatic carboxylic acids is 3. The first-order valence-corrected chi connectivity index (χ1v) is 25.8. The summed E-state index contributed by atoms with van der Waals surface area (Å²) in [4.78, 5) is 70.0. The van der Waals surface area contributed by atoms with E-state index in [0.717, 1.165) is 28.8 Å². The van der Waals surface area contributed by atoms with E-state index in [-0.39, 0.29) is 56.8 Å². The molecule has 414 valence electrons. The Bertz CT molecular complexity index is 2990. The van der Waals surface area contributed by atoms with Crippen molar-refractivity contribution in [3.63, 3.8) is 0 Å². The Balaban J connectivity index is 0.000000253. The van der Waals surface area contributed by atoms with E-state index in [2.05, 4.69) is 16.0 Å². The number of carbonyl (C=O) groups excluding carboxylic acids is 3. The van der Waals surface area contributed by atoms with E-state index < -0.39 is 53.7 Å². The van der Waals surface area contributed by atoms with Crippen molar-refractivity contribution in [1.29, 1.82) is 0 Å². The molecule has 0 fully saturated rings. The summed E-state index contributed by atoms with van der Waals surface area (Å²) in [5, 5.41) is 38.0. The summed E-state index contributed by atoms with van der Waals surface area (Å²) in [6.07, 6.45) is -4.02. The Labute approximate surface area is 477 Å². The highest BCUT2D eigenvalue weighted by atomic mass is 35.5. The molecule has 78 heavy (non-hydrogen) atoms. The molecule has 13 nitrogen and oxygen atoms in total. The molecule has 0 bridgehead atoms. The van der Waals surface area contributed by atoms with Gasteiger partial charge in [-0.15, -0.1) is 0 Å². The minimum absolute atomic E-state index is 0.0416. The molecular weight excluding hydrogens is 1140 g/mol. The van der Waals surface area contributed by atoms with Crippen LogP contribution in [0.3, 0.4) is 0 Å². The van der Waals surface area contributed by atoms with Crippen LogP contribution in [0.4, 0.5) is 13.2 Å².